The predicted molar refractivity (Wildman–Crippen MR) is 149 cm³/mol. The smallest absolute Gasteiger partial charge is 0.283 e. The Morgan fingerprint density at radius 3 is 2.68 bits per heavy atom. The number of amides is 1. The molecule has 10 heteroatoms. The van der Waals surface area contributed by atoms with Crippen LogP contribution in [0, 0.1) is 5.41 Å². The third kappa shape index (κ3) is 4.35. The Bertz CT molecular complexity index is 1660. The Morgan fingerprint density at radius 2 is 1.87 bits per heavy atom. The Balaban J connectivity index is 1.28. The maximum absolute atomic E-state index is 13.0. The first-order valence-electron chi connectivity index (χ1n) is 11.9. The van der Waals surface area contributed by atoms with Gasteiger partial charge in [0.05, 0.1) is 19.2 Å². The lowest BCUT2D eigenvalue weighted by Crippen LogP contribution is -2.35. The number of para-hydroxylation sites is 3. The van der Waals surface area contributed by atoms with Gasteiger partial charge in [-0.05, 0) is 48.2 Å². The molecule has 0 unspecified atom stereocenters. The van der Waals surface area contributed by atoms with Crippen LogP contribution in [0.3, 0.4) is 0 Å². The van der Waals surface area contributed by atoms with Crippen molar-refractivity contribution in [2.75, 3.05) is 13.7 Å². The van der Waals surface area contributed by atoms with Gasteiger partial charge in [-0.3, -0.25) is 15.2 Å². The fourth-order valence-corrected chi connectivity index (χ4v) is 5.20. The molecular weight excluding hydrogens is 500 g/mol. The van der Waals surface area contributed by atoms with Crippen LogP contribution in [0.5, 0.6) is 11.5 Å². The predicted octanol–water partition coefficient (Wildman–Crippen LogP) is 4.79. The molecule has 6 rings (SSSR count). The summed E-state index contributed by atoms with van der Waals surface area (Å²) in [6.07, 6.45) is 7.06. The van der Waals surface area contributed by atoms with Gasteiger partial charge >= 0.3 is 0 Å². The van der Waals surface area contributed by atoms with Gasteiger partial charge in [-0.15, -0.1) is 0 Å². The van der Waals surface area contributed by atoms with E-state index in [0.717, 1.165) is 22.0 Å². The molecule has 0 saturated heterocycles. The number of thioether (sulfide) groups is 1. The standard InChI is InChI=1S/C28H22N6O3S/c1-36-23-10-4-5-11-24(23)37-14-13-33-17-19(20-8-2-3-9-22(20)33)15-21-25(29)34-28(31-26(21)35)38-27(32-34)18-7-6-12-30-16-18/h2-12,15-17,29H,13-14H2,1H3. The molecule has 4 heterocycles. The molecule has 0 atom stereocenters. The highest BCUT2D eigenvalue weighted by Gasteiger charge is 2.36. The van der Waals surface area contributed by atoms with Crippen LogP contribution in [0.4, 0.5) is 0 Å². The molecule has 0 saturated carbocycles. The highest BCUT2D eigenvalue weighted by atomic mass is 32.2. The molecule has 0 fully saturated rings. The normalized spacial score (nSPS) is 16.0. The number of aromatic nitrogens is 2. The fourth-order valence-electron chi connectivity index (χ4n) is 4.32. The Hall–Kier alpha value is -4.70. The van der Waals surface area contributed by atoms with E-state index in [0.29, 0.717) is 34.9 Å². The SMILES string of the molecule is COc1ccccc1OCCn1cc(C=C2C(=N)N3N=C(c4cccnc4)SC3=NC2=O)c2ccccc21. The van der Waals surface area contributed by atoms with Crippen LogP contribution in [0.2, 0.25) is 0 Å². The van der Waals surface area contributed by atoms with E-state index in [1.165, 1.54) is 16.8 Å². The molecular formula is C28H22N6O3S. The molecule has 2 aliphatic rings. The zero-order valence-electron chi connectivity index (χ0n) is 20.4. The summed E-state index contributed by atoms with van der Waals surface area (Å²) in [5.41, 5.74) is 2.79. The molecule has 2 aromatic heterocycles. The zero-order chi connectivity index (χ0) is 26.1. The summed E-state index contributed by atoms with van der Waals surface area (Å²) in [5, 5.41) is 16.7. The van der Waals surface area contributed by atoms with Crippen LogP contribution < -0.4 is 9.47 Å². The molecule has 1 N–H and O–H groups in total. The molecule has 2 aromatic carbocycles. The first kappa shape index (κ1) is 23.7. The zero-order valence-corrected chi connectivity index (χ0v) is 21.2. The summed E-state index contributed by atoms with van der Waals surface area (Å²) in [7, 11) is 1.62. The first-order chi connectivity index (χ1) is 18.6. The number of aliphatic imine (C=N–C) groups is 1. The number of fused-ring (bicyclic) bond motifs is 2. The third-order valence-electron chi connectivity index (χ3n) is 6.14. The van der Waals surface area contributed by atoms with Gasteiger partial charge < -0.3 is 14.0 Å². The molecule has 1 amide bonds. The van der Waals surface area contributed by atoms with Gasteiger partial charge in [-0.25, -0.2) is 0 Å². The molecule has 2 aliphatic heterocycles. The van der Waals surface area contributed by atoms with Crippen LogP contribution in [0.15, 0.2) is 94.9 Å². The molecule has 0 radical (unpaired) electrons. The van der Waals surface area contributed by atoms with Gasteiger partial charge in [0.2, 0.25) is 5.17 Å². The largest absolute Gasteiger partial charge is 0.493 e. The number of pyridine rings is 1. The molecule has 0 aliphatic carbocycles. The topological polar surface area (TPSA) is 105 Å². The summed E-state index contributed by atoms with van der Waals surface area (Å²) in [6.45, 7) is 1.01. The highest BCUT2D eigenvalue weighted by Crippen LogP contribution is 2.32. The van der Waals surface area contributed by atoms with Crippen molar-refractivity contribution in [2.45, 2.75) is 6.54 Å². The minimum Gasteiger partial charge on any atom is -0.493 e. The Labute approximate surface area is 222 Å². The van der Waals surface area contributed by atoms with E-state index in [9.17, 15) is 4.79 Å². The van der Waals surface area contributed by atoms with E-state index in [2.05, 4.69) is 19.6 Å². The van der Waals surface area contributed by atoms with Crippen molar-refractivity contribution in [3.05, 3.63) is 96.0 Å². The van der Waals surface area contributed by atoms with Gasteiger partial charge in [0, 0.05) is 40.6 Å². The molecule has 0 spiro atoms. The van der Waals surface area contributed by atoms with Crippen LogP contribution in [-0.4, -0.2) is 50.2 Å². The van der Waals surface area contributed by atoms with E-state index in [1.54, 1.807) is 25.6 Å². The molecule has 188 valence electrons. The number of nitrogens with one attached hydrogen (secondary N) is 1. The quantitative estimate of drug-likeness (QED) is 0.350. The van der Waals surface area contributed by atoms with Crippen LogP contribution >= 0.6 is 11.8 Å². The van der Waals surface area contributed by atoms with Gasteiger partial charge in [0.25, 0.3) is 5.91 Å². The second kappa shape index (κ2) is 9.98. The molecule has 0 bridgehead atoms. The van der Waals surface area contributed by atoms with E-state index in [1.807, 2.05) is 66.9 Å². The maximum Gasteiger partial charge on any atom is 0.283 e. The number of hydrogen-bond acceptors (Lipinski definition) is 7. The number of hydrazone groups is 1. The number of benzene rings is 2. The van der Waals surface area contributed by atoms with E-state index >= 15 is 0 Å². The summed E-state index contributed by atoms with van der Waals surface area (Å²) < 4.78 is 13.4. The number of carbonyl (C=O) groups is 1. The van der Waals surface area contributed by atoms with Crippen molar-refractivity contribution in [2.24, 2.45) is 10.1 Å². The number of amidine groups is 2. The van der Waals surface area contributed by atoms with E-state index in [-0.39, 0.29) is 11.4 Å². The summed E-state index contributed by atoms with van der Waals surface area (Å²) in [4.78, 5) is 21.3. The lowest BCUT2D eigenvalue weighted by Gasteiger charge is -2.20. The van der Waals surface area contributed by atoms with Gasteiger partial charge in [-0.2, -0.15) is 15.1 Å². The van der Waals surface area contributed by atoms with Crippen LogP contribution in [-0.2, 0) is 11.3 Å². The van der Waals surface area contributed by atoms with Crippen molar-refractivity contribution in [1.29, 1.82) is 5.41 Å². The molecule has 4 aromatic rings. The average Bonchev–Trinajstić information content (AvgIpc) is 3.54. The summed E-state index contributed by atoms with van der Waals surface area (Å²) in [6, 6.07) is 19.2. The van der Waals surface area contributed by atoms with Crippen LogP contribution in [0.25, 0.3) is 17.0 Å². The molecule has 38 heavy (non-hydrogen) atoms. The Morgan fingerprint density at radius 1 is 1.05 bits per heavy atom. The Kier molecular flexibility index (Phi) is 6.22. The van der Waals surface area contributed by atoms with Crippen molar-refractivity contribution >= 4 is 50.7 Å². The van der Waals surface area contributed by atoms with E-state index in [4.69, 9.17) is 14.9 Å². The second-order valence-corrected chi connectivity index (χ2v) is 9.42. The van der Waals surface area contributed by atoms with Gasteiger partial charge in [0.1, 0.15) is 11.7 Å². The van der Waals surface area contributed by atoms with Crippen LogP contribution in [0.1, 0.15) is 11.1 Å². The lowest BCUT2D eigenvalue weighted by molar-refractivity contribution is -0.114. The summed E-state index contributed by atoms with van der Waals surface area (Å²) in [5.74, 6) is 0.882. The number of carbonyl (C=O) groups excluding carboxylic acids is 1. The van der Waals surface area contributed by atoms with Crippen molar-refractivity contribution in [3.63, 3.8) is 0 Å². The first-order valence-corrected chi connectivity index (χ1v) is 12.7. The number of nitrogens with zero attached hydrogens (tertiary/aromatic N) is 5. The average molecular weight is 523 g/mol. The minimum atomic E-state index is -0.465. The van der Waals surface area contributed by atoms with E-state index < -0.39 is 5.91 Å². The fraction of sp³-hybridized carbons (Fsp3) is 0.107. The van der Waals surface area contributed by atoms with Crippen molar-refractivity contribution in [3.8, 4) is 11.5 Å². The minimum absolute atomic E-state index is 0.0114. The third-order valence-corrected chi connectivity index (χ3v) is 7.10. The molecule has 9 nitrogen and oxygen atoms in total. The number of rotatable bonds is 7. The van der Waals surface area contributed by atoms with Crippen molar-refractivity contribution < 1.29 is 14.3 Å². The monoisotopic (exact) mass is 522 g/mol. The lowest BCUT2D eigenvalue weighted by atomic mass is 10.1. The number of ether oxygens (including phenoxy) is 2. The number of hydrogen-bond donors (Lipinski definition) is 1. The van der Waals surface area contributed by atoms with Crippen molar-refractivity contribution in [1.82, 2.24) is 14.6 Å². The van der Waals surface area contributed by atoms with Gasteiger partial charge in [-0.1, -0.05) is 30.3 Å². The second-order valence-electron chi connectivity index (χ2n) is 8.46. The maximum atomic E-state index is 13.0. The highest BCUT2D eigenvalue weighted by molar-refractivity contribution is 8.27. The number of methoxy groups -OCH3 is 1. The summed E-state index contributed by atoms with van der Waals surface area (Å²) >= 11 is 1.25. The van der Waals surface area contributed by atoms with Gasteiger partial charge in [0.15, 0.2) is 17.3 Å².